The molecule has 558 valence electrons. The highest BCUT2D eigenvalue weighted by Crippen LogP contribution is 2.25. The predicted molar refractivity (Wildman–Crippen MR) is 386 cm³/mol. The van der Waals surface area contributed by atoms with Crippen LogP contribution in [0.25, 0.3) is 0 Å². The molecule has 0 N–H and O–H groups in total. The molecule has 33 heteroatoms. The maximum atomic E-state index is 5.88. The number of piperazine rings is 1. The maximum absolute atomic E-state index is 5.88. The van der Waals surface area contributed by atoms with Gasteiger partial charge in [0.05, 0.1) is 0 Å². The highest BCUT2D eigenvalue weighted by atomic mass is 28.4. The fraction of sp³-hybridized carbons (Fsp3) is 1.00. The smallest absolute Gasteiger partial charge is 0.398 e. The largest absolute Gasteiger partial charge is 0.598 e. The maximum Gasteiger partial charge on any atom is 0.598 e. The molecule has 2 aliphatic heterocycles. The molecule has 0 spiro atoms. The molecule has 0 aliphatic carbocycles. The highest BCUT2D eigenvalue weighted by Gasteiger charge is 2.54. The minimum absolute atomic E-state index is 0.127. The number of likely N-dealkylation sites (N-methyl/N-ethyl adjacent to an activating group) is 7. The summed E-state index contributed by atoms with van der Waals surface area (Å²) >= 11 is 0. The van der Waals surface area contributed by atoms with Gasteiger partial charge in [0.1, 0.15) is 5.79 Å². The summed E-state index contributed by atoms with van der Waals surface area (Å²) in [7, 11) is 29.9. The second-order valence-corrected chi connectivity index (χ2v) is 42.0. The average molecular weight is 1440 g/mol. The zero-order valence-electron chi connectivity index (χ0n) is 64.5. The van der Waals surface area contributed by atoms with Gasteiger partial charge in [0.15, 0.2) is 0 Å². The summed E-state index contributed by atoms with van der Waals surface area (Å²) in [5.41, 5.74) is 0. The van der Waals surface area contributed by atoms with Crippen molar-refractivity contribution in [1.82, 2.24) is 48.7 Å². The zero-order chi connectivity index (χ0) is 70.9. The summed E-state index contributed by atoms with van der Waals surface area (Å²) in [6, 6.07) is 4.73. The standard InChI is InChI=1S/C15H38N2O6Si2.C14H32N2O3Si.C12H30N2O2Si.C10H26N2O3Si.C8H20N2O3Si/c1-9-16(12-11-15-24(18-3,19-4)20-5)13-14-17(10-2)25(21-6,22-7)23-8;1-5-17-20(18-6-2,19-7-3)14-8-9-16-12-10-15(4)11-13-16;1-13(2)9-7-11-17(15-5,16-6)12-8-10-14(3)4;1-11(2)7-8-12(3)9-10-16(13-4,14-5)15-6;1-9-6-7-10(2)8(9)14(11-3,12-4)13-5/h9-15H2,1-8H3;5-14H2,1-4H3;7-12H2,1-6H3;7-10H2,1-6H3;8H,6-7H2,1-5H3. The Balaban J connectivity index is -0.00000109. The molecular formula is C59H146N10O17Si6. The van der Waals surface area contributed by atoms with Crippen molar-refractivity contribution >= 4 is 52.7 Å². The van der Waals surface area contributed by atoms with Crippen LogP contribution >= 0.6 is 0 Å². The van der Waals surface area contributed by atoms with Crippen LogP contribution in [0, 0.1) is 0 Å². The van der Waals surface area contributed by atoms with Gasteiger partial charge < -0.3 is 110 Å². The lowest BCUT2D eigenvalue weighted by Crippen LogP contribution is -2.63. The third kappa shape index (κ3) is 38.1. The first-order chi connectivity index (χ1) is 43.7. The summed E-state index contributed by atoms with van der Waals surface area (Å²) in [5, 5.41) is 0. The van der Waals surface area contributed by atoms with Gasteiger partial charge in [-0.05, 0) is 168 Å². The zero-order valence-corrected chi connectivity index (χ0v) is 70.5. The van der Waals surface area contributed by atoms with E-state index < -0.39 is 52.7 Å². The van der Waals surface area contributed by atoms with Crippen LogP contribution in [-0.2, 0) is 75.2 Å². The molecule has 2 rings (SSSR count). The third-order valence-corrected chi connectivity index (χ3v) is 35.2. The van der Waals surface area contributed by atoms with E-state index in [0.29, 0.717) is 19.8 Å². The molecule has 27 nitrogen and oxygen atoms in total. The van der Waals surface area contributed by atoms with Crippen LogP contribution in [0.4, 0.5) is 0 Å². The number of rotatable bonds is 49. The molecule has 0 bridgehead atoms. The number of hydrogen-bond acceptors (Lipinski definition) is 27. The van der Waals surface area contributed by atoms with E-state index in [-0.39, 0.29) is 5.79 Å². The van der Waals surface area contributed by atoms with Crippen LogP contribution in [0.1, 0.15) is 60.3 Å². The van der Waals surface area contributed by atoms with E-state index in [1.165, 1.54) is 26.2 Å². The summed E-state index contributed by atoms with van der Waals surface area (Å²) in [6.07, 6.45) is 4.37. The molecule has 0 atom stereocenters. The van der Waals surface area contributed by atoms with Crippen LogP contribution in [0.3, 0.4) is 0 Å². The highest BCUT2D eigenvalue weighted by molar-refractivity contribution is 6.67. The molecule has 2 heterocycles. The topological polar surface area (TPSA) is 189 Å². The normalized spacial score (nSPS) is 15.6. The lowest BCUT2D eigenvalue weighted by atomic mass is 10.3. The third-order valence-electron chi connectivity index (χ3n) is 16.8. The summed E-state index contributed by atoms with van der Waals surface area (Å²) in [5.74, 6) is 0.127. The van der Waals surface area contributed by atoms with Crippen molar-refractivity contribution in [2.75, 3.05) is 301 Å². The molecule has 0 saturated carbocycles. The average Bonchev–Trinajstić information content (AvgIpc) is 1.65. The molecule has 0 aromatic carbocycles. The molecule has 0 aromatic rings. The minimum Gasteiger partial charge on any atom is -0.398 e. The first-order valence-corrected chi connectivity index (χ1v) is 44.7. The first kappa shape index (κ1) is 96.4. The van der Waals surface area contributed by atoms with E-state index in [1.54, 1.807) is 99.5 Å². The van der Waals surface area contributed by atoms with Gasteiger partial charge in [-0.25, -0.2) is 0 Å². The van der Waals surface area contributed by atoms with Crippen LogP contribution < -0.4 is 0 Å². The fourth-order valence-corrected chi connectivity index (χ4v) is 24.0. The van der Waals surface area contributed by atoms with Crippen molar-refractivity contribution in [3.05, 3.63) is 0 Å². The lowest BCUT2D eigenvalue weighted by molar-refractivity contribution is 0.0553. The second kappa shape index (κ2) is 55.9. The Hall–Kier alpha value is 0.221. The van der Waals surface area contributed by atoms with Crippen molar-refractivity contribution in [3.8, 4) is 0 Å². The van der Waals surface area contributed by atoms with E-state index in [2.05, 4.69) is 133 Å². The van der Waals surface area contributed by atoms with Gasteiger partial charge in [-0.3, -0.25) is 14.4 Å². The van der Waals surface area contributed by atoms with Gasteiger partial charge in [0.25, 0.3) is 0 Å². The van der Waals surface area contributed by atoms with Crippen molar-refractivity contribution in [2.45, 2.75) is 96.3 Å². The van der Waals surface area contributed by atoms with Gasteiger partial charge in [-0.15, -0.1) is 0 Å². The van der Waals surface area contributed by atoms with Crippen molar-refractivity contribution < 1.29 is 75.2 Å². The van der Waals surface area contributed by atoms with Gasteiger partial charge in [0, 0.05) is 209 Å². The quantitative estimate of drug-likeness (QED) is 0.0772. The van der Waals surface area contributed by atoms with Gasteiger partial charge in [-0.2, -0.15) is 0 Å². The predicted octanol–water partition coefficient (Wildman–Crippen LogP) is 4.54. The molecule has 0 amide bonds. The molecule has 0 aromatic heterocycles. The van der Waals surface area contributed by atoms with Gasteiger partial charge in [0.2, 0.25) is 0 Å². The Kier molecular flexibility index (Phi) is 58.6. The Bertz CT molecular complexity index is 1590. The number of hydrogen-bond donors (Lipinski definition) is 0. The van der Waals surface area contributed by atoms with Crippen molar-refractivity contribution in [3.63, 3.8) is 0 Å². The fourth-order valence-electron chi connectivity index (χ4n) is 10.8. The van der Waals surface area contributed by atoms with Crippen molar-refractivity contribution in [1.29, 1.82) is 0 Å². The SMILES string of the molecule is CCN(CCC[Si](OC)(OC)OC)CCN(CC)[Si](OC)(OC)OC.CCO[Si](CCCN1CCN(C)CC1)(OCC)OCC.CO[Si](CCCN(C)C)(CCCN(C)C)OC.CO[Si](CCN(C)CCN(C)C)(OC)OC.CO[Si](OC)(OC)C1N(C)CCN1C. The first-order valence-electron chi connectivity index (χ1n) is 33.2. The van der Waals surface area contributed by atoms with Crippen LogP contribution in [0.2, 0.25) is 30.2 Å². The van der Waals surface area contributed by atoms with E-state index in [9.17, 15) is 0 Å². The van der Waals surface area contributed by atoms with E-state index in [1.807, 2.05) is 20.8 Å². The van der Waals surface area contributed by atoms with E-state index >= 15 is 0 Å². The molecule has 2 fully saturated rings. The lowest BCUT2D eigenvalue weighted by Gasteiger charge is -2.36. The molecule has 2 aliphatic rings. The second-order valence-electron chi connectivity index (χ2n) is 23.6. The molecule has 0 radical (unpaired) electrons. The molecular weight excluding hydrogens is 1290 g/mol. The van der Waals surface area contributed by atoms with Gasteiger partial charge in [-0.1, -0.05) is 13.8 Å². The van der Waals surface area contributed by atoms with Crippen molar-refractivity contribution in [2.24, 2.45) is 0 Å². The monoisotopic (exact) mass is 1430 g/mol. The van der Waals surface area contributed by atoms with E-state index in [4.69, 9.17) is 75.2 Å². The summed E-state index contributed by atoms with van der Waals surface area (Å²) in [6.45, 7) is 29.9. The molecule has 92 heavy (non-hydrogen) atoms. The number of nitrogens with zero attached hydrogens (tertiary/aromatic N) is 10. The Morgan fingerprint density at radius 3 is 1.11 bits per heavy atom. The minimum atomic E-state index is -2.75. The van der Waals surface area contributed by atoms with Crippen LogP contribution in [0.15, 0.2) is 0 Å². The Morgan fingerprint density at radius 1 is 0.359 bits per heavy atom. The summed E-state index contributed by atoms with van der Waals surface area (Å²) in [4.78, 5) is 20.6. The van der Waals surface area contributed by atoms with Crippen LogP contribution in [0.5, 0.6) is 0 Å². The van der Waals surface area contributed by atoms with Gasteiger partial charge >= 0.3 is 52.7 Å². The van der Waals surface area contributed by atoms with E-state index in [0.717, 1.165) is 141 Å². The Labute approximate surface area is 571 Å². The summed E-state index contributed by atoms with van der Waals surface area (Å²) < 4.78 is 97.0. The van der Waals surface area contributed by atoms with Crippen LogP contribution in [-0.4, -0.2) is 408 Å². The molecule has 0 unspecified atom stereocenters. The Morgan fingerprint density at radius 2 is 0.761 bits per heavy atom. The molecule has 2 saturated heterocycles.